The predicted molar refractivity (Wildman–Crippen MR) is 71.4 cm³/mol. The third-order valence-electron chi connectivity index (χ3n) is 3.62. The van der Waals surface area contributed by atoms with Gasteiger partial charge >= 0.3 is 5.97 Å². The minimum Gasteiger partial charge on any atom is -0.480 e. The van der Waals surface area contributed by atoms with Crippen molar-refractivity contribution in [3.8, 4) is 0 Å². The predicted octanol–water partition coefficient (Wildman–Crippen LogP) is 2.54. The highest BCUT2D eigenvalue weighted by Gasteiger charge is 2.30. The zero-order chi connectivity index (χ0) is 13.1. The topological polar surface area (TPSA) is 40.5 Å². The molecule has 1 aliphatic rings. The molecule has 0 aliphatic carbocycles. The number of carboxylic acid groups (broad SMARTS) is 1. The Hall–Kier alpha value is -1.35. The highest BCUT2D eigenvalue weighted by molar-refractivity contribution is 5.74. The average molecular weight is 247 g/mol. The molecule has 98 valence electrons. The average Bonchev–Trinajstić information content (AvgIpc) is 2.35. The molecule has 0 saturated heterocycles. The van der Waals surface area contributed by atoms with Gasteiger partial charge in [0.2, 0.25) is 0 Å². The first-order valence-corrected chi connectivity index (χ1v) is 6.61. The summed E-state index contributed by atoms with van der Waals surface area (Å²) in [5.41, 5.74) is 2.46. The van der Waals surface area contributed by atoms with Gasteiger partial charge in [0, 0.05) is 6.54 Å². The van der Waals surface area contributed by atoms with E-state index in [4.69, 9.17) is 0 Å². The monoisotopic (exact) mass is 247 g/mol. The molecular formula is C15H21NO2. The second-order valence-electron chi connectivity index (χ2n) is 5.48. The number of carboxylic acids is 1. The number of fused-ring (bicyclic) bond motifs is 1. The molecule has 1 aliphatic heterocycles. The maximum Gasteiger partial charge on any atom is 0.321 e. The number of carbonyl (C=O) groups is 1. The molecule has 3 nitrogen and oxygen atoms in total. The number of hydrogen-bond acceptors (Lipinski definition) is 2. The van der Waals surface area contributed by atoms with Crippen molar-refractivity contribution in [2.75, 3.05) is 6.54 Å². The second-order valence-corrected chi connectivity index (χ2v) is 5.48. The van der Waals surface area contributed by atoms with Gasteiger partial charge < -0.3 is 5.11 Å². The normalized spacial score (nSPS) is 19.8. The second kappa shape index (κ2) is 5.53. The lowest BCUT2D eigenvalue weighted by atomic mass is 9.93. The molecule has 2 rings (SSSR count). The van der Waals surface area contributed by atoms with Gasteiger partial charge in [0.25, 0.3) is 0 Å². The molecular weight excluding hydrogens is 226 g/mol. The highest BCUT2D eigenvalue weighted by Crippen LogP contribution is 2.24. The summed E-state index contributed by atoms with van der Waals surface area (Å²) in [6.07, 6.45) is 1.68. The molecule has 1 heterocycles. The molecule has 1 atom stereocenters. The Balaban J connectivity index is 2.15. The quantitative estimate of drug-likeness (QED) is 0.889. The van der Waals surface area contributed by atoms with Crippen molar-refractivity contribution in [1.29, 1.82) is 0 Å². The summed E-state index contributed by atoms with van der Waals surface area (Å²) in [4.78, 5) is 13.5. The maximum atomic E-state index is 11.4. The molecule has 0 amide bonds. The van der Waals surface area contributed by atoms with Crippen molar-refractivity contribution in [1.82, 2.24) is 4.90 Å². The maximum absolute atomic E-state index is 11.4. The summed E-state index contributed by atoms with van der Waals surface area (Å²) >= 11 is 0. The number of aliphatic carboxylic acids is 1. The standard InChI is InChI=1S/C15H21NO2/c1-11(2)7-8-16-10-13-6-4-3-5-12(13)9-14(16)15(17)18/h3-6,11,14H,7-10H2,1-2H3,(H,17,18). The first kappa shape index (κ1) is 13.1. The Morgan fingerprint density at radius 3 is 2.67 bits per heavy atom. The summed E-state index contributed by atoms with van der Waals surface area (Å²) < 4.78 is 0. The minimum absolute atomic E-state index is 0.362. The SMILES string of the molecule is CC(C)CCN1Cc2ccccc2CC1C(=O)O. The van der Waals surface area contributed by atoms with Crippen LogP contribution in [0.3, 0.4) is 0 Å². The van der Waals surface area contributed by atoms with Gasteiger partial charge in [-0.1, -0.05) is 38.1 Å². The smallest absolute Gasteiger partial charge is 0.321 e. The largest absolute Gasteiger partial charge is 0.480 e. The number of benzene rings is 1. The van der Waals surface area contributed by atoms with Crippen LogP contribution in [0.5, 0.6) is 0 Å². The fourth-order valence-electron chi connectivity index (χ4n) is 2.48. The van der Waals surface area contributed by atoms with Crippen LogP contribution in [-0.4, -0.2) is 28.6 Å². The molecule has 0 saturated carbocycles. The van der Waals surface area contributed by atoms with Crippen molar-refractivity contribution in [2.45, 2.75) is 39.3 Å². The van der Waals surface area contributed by atoms with E-state index in [-0.39, 0.29) is 6.04 Å². The lowest BCUT2D eigenvalue weighted by Crippen LogP contribution is -2.46. The Bertz CT molecular complexity index is 428. The van der Waals surface area contributed by atoms with Crippen molar-refractivity contribution in [3.63, 3.8) is 0 Å². The lowest BCUT2D eigenvalue weighted by Gasteiger charge is -2.34. The van der Waals surface area contributed by atoms with Gasteiger partial charge in [0.15, 0.2) is 0 Å². The zero-order valence-electron chi connectivity index (χ0n) is 11.1. The lowest BCUT2D eigenvalue weighted by molar-refractivity contribution is -0.144. The Kier molecular flexibility index (Phi) is 4.02. The molecule has 0 spiro atoms. The van der Waals surface area contributed by atoms with Crippen LogP contribution < -0.4 is 0 Å². The van der Waals surface area contributed by atoms with E-state index in [0.717, 1.165) is 19.5 Å². The fourth-order valence-corrected chi connectivity index (χ4v) is 2.48. The van der Waals surface area contributed by atoms with Gasteiger partial charge in [-0.3, -0.25) is 9.69 Å². The van der Waals surface area contributed by atoms with Gasteiger partial charge in [0.05, 0.1) is 0 Å². The van der Waals surface area contributed by atoms with Crippen molar-refractivity contribution < 1.29 is 9.90 Å². The Morgan fingerprint density at radius 2 is 2.06 bits per heavy atom. The van der Waals surface area contributed by atoms with E-state index in [1.54, 1.807) is 0 Å². The third kappa shape index (κ3) is 2.91. The van der Waals surface area contributed by atoms with Gasteiger partial charge in [0.1, 0.15) is 6.04 Å². The Labute approximate surface area is 108 Å². The summed E-state index contributed by atoms with van der Waals surface area (Å²) in [5, 5.41) is 9.36. The van der Waals surface area contributed by atoms with Crippen LogP contribution in [0.1, 0.15) is 31.4 Å². The minimum atomic E-state index is -0.701. The van der Waals surface area contributed by atoms with E-state index < -0.39 is 5.97 Å². The number of hydrogen-bond donors (Lipinski definition) is 1. The van der Waals surface area contributed by atoms with Gasteiger partial charge in [-0.05, 0) is 36.4 Å². The third-order valence-corrected chi connectivity index (χ3v) is 3.62. The molecule has 0 radical (unpaired) electrons. The molecule has 3 heteroatoms. The van der Waals surface area contributed by atoms with Gasteiger partial charge in [-0.25, -0.2) is 0 Å². The van der Waals surface area contributed by atoms with Crippen LogP contribution in [-0.2, 0) is 17.8 Å². The van der Waals surface area contributed by atoms with Crippen LogP contribution in [0.4, 0.5) is 0 Å². The number of rotatable bonds is 4. The Morgan fingerprint density at radius 1 is 1.39 bits per heavy atom. The first-order chi connectivity index (χ1) is 8.58. The van der Waals surface area contributed by atoms with E-state index in [2.05, 4.69) is 24.8 Å². The van der Waals surface area contributed by atoms with Crippen molar-refractivity contribution >= 4 is 5.97 Å². The van der Waals surface area contributed by atoms with Crippen molar-refractivity contribution in [3.05, 3.63) is 35.4 Å². The molecule has 1 aromatic rings. The van der Waals surface area contributed by atoms with Crippen LogP contribution in [0.2, 0.25) is 0 Å². The molecule has 1 unspecified atom stereocenters. The number of nitrogens with zero attached hydrogens (tertiary/aromatic N) is 1. The summed E-state index contributed by atoms with van der Waals surface area (Å²) in [6.45, 7) is 5.98. The summed E-state index contributed by atoms with van der Waals surface area (Å²) in [6, 6.07) is 7.81. The van der Waals surface area contributed by atoms with Gasteiger partial charge in [-0.2, -0.15) is 0 Å². The molecule has 0 aromatic heterocycles. The van der Waals surface area contributed by atoms with Crippen LogP contribution >= 0.6 is 0 Å². The van der Waals surface area contributed by atoms with E-state index in [0.29, 0.717) is 12.3 Å². The van der Waals surface area contributed by atoms with Crippen molar-refractivity contribution in [2.24, 2.45) is 5.92 Å². The van der Waals surface area contributed by atoms with Crippen LogP contribution in [0, 0.1) is 5.92 Å². The molecule has 18 heavy (non-hydrogen) atoms. The van der Waals surface area contributed by atoms with E-state index in [1.165, 1.54) is 11.1 Å². The summed E-state index contributed by atoms with van der Waals surface area (Å²) in [7, 11) is 0. The first-order valence-electron chi connectivity index (χ1n) is 6.61. The van der Waals surface area contributed by atoms with E-state index in [9.17, 15) is 9.90 Å². The highest BCUT2D eigenvalue weighted by atomic mass is 16.4. The summed E-state index contributed by atoms with van der Waals surface area (Å²) in [5.74, 6) is -0.0927. The molecule has 1 N–H and O–H groups in total. The molecule has 1 aromatic carbocycles. The molecule has 0 bridgehead atoms. The van der Waals surface area contributed by atoms with E-state index >= 15 is 0 Å². The van der Waals surface area contributed by atoms with Gasteiger partial charge in [-0.15, -0.1) is 0 Å². The van der Waals surface area contributed by atoms with Crippen LogP contribution in [0.25, 0.3) is 0 Å². The fraction of sp³-hybridized carbons (Fsp3) is 0.533. The van der Waals surface area contributed by atoms with E-state index in [1.807, 2.05) is 18.2 Å². The molecule has 0 fully saturated rings. The zero-order valence-corrected chi connectivity index (χ0v) is 11.1. The van der Waals surface area contributed by atoms with Crippen LogP contribution in [0.15, 0.2) is 24.3 Å².